The SMILES string of the molecule is COc1ccc(N(CC(=O)NN=C2CCN(Cc3ccccc3)CC2)S(=O)(=O)c2ccc(C)cc2)cc1Cl. The Balaban J connectivity index is 1.46. The molecule has 0 spiro atoms. The van der Waals surface area contributed by atoms with Gasteiger partial charge in [0.2, 0.25) is 0 Å². The van der Waals surface area contributed by atoms with Crippen LogP contribution in [0.15, 0.2) is 82.8 Å². The number of carbonyl (C=O) groups is 1. The molecule has 1 fully saturated rings. The van der Waals surface area contributed by atoms with Gasteiger partial charge in [-0.2, -0.15) is 5.10 Å². The largest absolute Gasteiger partial charge is 0.495 e. The number of methoxy groups -OCH3 is 1. The van der Waals surface area contributed by atoms with Crippen molar-refractivity contribution in [2.24, 2.45) is 5.10 Å². The average Bonchev–Trinajstić information content (AvgIpc) is 2.92. The summed E-state index contributed by atoms with van der Waals surface area (Å²) in [5.74, 6) is -0.149. The van der Waals surface area contributed by atoms with Crippen molar-refractivity contribution in [3.63, 3.8) is 0 Å². The highest BCUT2D eigenvalue weighted by Crippen LogP contribution is 2.32. The van der Waals surface area contributed by atoms with Crippen molar-refractivity contribution < 1.29 is 17.9 Å². The summed E-state index contributed by atoms with van der Waals surface area (Å²) in [5, 5.41) is 4.54. The van der Waals surface area contributed by atoms with Crippen molar-refractivity contribution in [3.05, 3.63) is 88.9 Å². The van der Waals surface area contributed by atoms with Crippen LogP contribution in [0.3, 0.4) is 0 Å². The zero-order chi connectivity index (χ0) is 27.1. The highest BCUT2D eigenvalue weighted by Gasteiger charge is 2.28. The minimum absolute atomic E-state index is 0.0694. The monoisotopic (exact) mass is 554 g/mol. The highest BCUT2D eigenvalue weighted by molar-refractivity contribution is 7.92. The molecule has 3 aromatic rings. The van der Waals surface area contributed by atoms with E-state index in [4.69, 9.17) is 16.3 Å². The second-order valence-corrected chi connectivity index (χ2v) is 11.4. The number of amides is 1. The van der Waals surface area contributed by atoms with Gasteiger partial charge in [-0.05, 0) is 42.8 Å². The van der Waals surface area contributed by atoms with Gasteiger partial charge >= 0.3 is 0 Å². The molecule has 1 aliphatic heterocycles. The molecule has 200 valence electrons. The van der Waals surface area contributed by atoms with Crippen LogP contribution in [0.1, 0.15) is 24.0 Å². The van der Waals surface area contributed by atoms with Crippen LogP contribution in [-0.4, -0.2) is 51.7 Å². The molecule has 3 aromatic carbocycles. The van der Waals surface area contributed by atoms with Gasteiger partial charge in [0.25, 0.3) is 15.9 Å². The van der Waals surface area contributed by atoms with E-state index in [1.807, 2.05) is 25.1 Å². The lowest BCUT2D eigenvalue weighted by Crippen LogP contribution is -2.40. The Labute approximate surface area is 228 Å². The van der Waals surface area contributed by atoms with Crippen LogP contribution in [0.2, 0.25) is 5.02 Å². The first-order chi connectivity index (χ1) is 18.3. The summed E-state index contributed by atoms with van der Waals surface area (Å²) in [5.41, 5.74) is 5.86. The van der Waals surface area contributed by atoms with Gasteiger partial charge in [0.05, 0.1) is 22.7 Å². The fourth-order valence-electron chi connectivity index (χ4n) is 4.19. The first-order valence-electron chi connectivity index (χ1n) is 12.3. The molecule has 0 aliphatic carbocycles. The maximum Gasteiger partial charge on any atom is 0.264 e. The second kappa shape index (κ2) is 12.4. The van der Waals surface area contributed by atoms with Crippen molar-refractivity contribution >= 4 is 38.9 Å². The van der Waals surface area contributed by atoms with Crippen molar-refractivity contribution in [1.29, 1.82) is 0 Å². The molecule has 1 heterocycles. The third-order valence-corrected chi connectivity index (χ3v) is 8.42. The molecule has 1 amide bonds. The summed E-state index contributed by atoms with van der Waals surface area (Å²) in [4.78, 5) is 15.3. The molecule has 10 heteroatoms. The number of rotatable bonds is 9. The standard InChI is InChI=1S/C28H31ClN4O4S/c1-21-8-11-25(12-9-21)38(35,36)33(24-10-13-27(37-2)26(29)18-24)20-28(34)31-30-23-14-16-32(17-15-23)19-22-6-4-3-5-7-22/h3-13,18H,14-17,19-20H2,1-2H3,(H,31,34). The number of ether oxygens (including phenoxy) is 1. The number of halogens is 1. The molecule has 0 saturated carbocycles. The zero-order valence-corrected chi connectivity index (χ0v) is 23.0. The van der Waals surface area contributed by atoms with E-state index >= 15 is 0 Å². The average molecular weight is 555 g/mol. The van der Waals surface area contributed by atoms with Gasteiger partial charge in [-0.1, -0.05) is 59.6 Å². The lowest BCUT2D eigenvalue weighted by molar-refractivity contribution is -0.119. The number of carbonyl (C=O) groups excluding carboxylic acids is 1. The number of nitrogens with zero attached hydrogens (tertiary/aromatic N) is 3. The van der Waals surface area contributed by atoms with Crippen molar-refractivity contribution in [2.45, 2.75) is 31.2 Å². The first-order valence-corrected chi connectivity index (χ1v) is 14.1. The summed E-state index contributed by atoms with van der Waals surface area (Å²) in [6.07, 6.45) is 1.46. The molecule has 1 N–H and O–H groups in total. The van der Waals surface area contributed by atoms with Crippen LogP contribution in [0.4, 0.5) is 5.69 Å². The topological polar surface area (TPSA) is 91.3 Å². The maximum atomic E-state index is 13.6. The van der Waals surface area contributed by atoms with Crippen molar-refractivity contribution in [1.82, 2.24) is 10.3 Å². The minimum Gasteiger partial charge on any atom is -0.495 e. The molecule has 1 aliphatic rings. The molecule has 0 unspecified atom stereocenters. The lowest BCUT2D eigenvalue weighted by Gasteiger charge is -2.27. The number of hydrogen-bond acceptors (Lipinski definition) is 6. The predicted octanol–water partition coefficient (Wildman–Crippen LogP) is 4.62. The normalized spacial score (nSPS) is 14.1. The highest BCUT2D eigenvalue weighted by atomic mass is 35.5. The van der Waals surface area contributed by atoms with E-state index in [2.05, 4.69) is 27.6 Å². The summed E-state index contributed by atoms with van der Waals surface area (Å²) in [6.45, 7) is 3.95. The number of anilines is 1. The van der Waals surface area contributed by atoms with Gasteiger partial charge in [0, 0.05) is 38.2 Å². The smallest absolute Gasteiger partial charge is 0.264 e. The van der Waals surface area contributed by atoms with Gasteiger partial charge < -0.3 is 4.74 Å². The number of hydrazone groups is 1. The molecular formula is C28H31ClN4O4S. The molecule has 0 aromatic heterocycles. The molecule has 38 heavy (non-hydrogen) atoms. The molecule has 1 saturated heterocycles. The van der Waals surface area contributed by atoms with E-state index in [1.54, 1.807) is 24.3 Å². The predicted molar refractivity (Wildman–Crippen MR) is 150 cm³/mol. The Morgan fingerprint density at radius 2 is 1.74 bits per heavy atom. The fourth-order valence-corrected chi connectivity index (χ4v) is 5.86. The summed E-state index contributed by atoms with van der Waals surface area (Å²) in [6, 6.07) is 21.3. The lowest BCUT2D eigenvalue weighted by atomic mass is 10.1. The summed E-state index contributed by atoms with van der Waals surface area (Å²) < 4.78 is 33.4. The molecule has 0 atom stereocenters. The number of piperidine rings is 1. The van der Waals surface area contributed by atoms with Crippen LogP contribution in [0.5, 0.6) is 5.75 Å². The van der Waals surface area contributed by atoms with Gasteiger partial charge in [-0.25, -0.2) is 13.8 Å². The number of benzene rings is 3. The van der Waals surface area contributed by atoms with Crippen LogP contribution in [0, 0.1) is 6.92 Å². The quantitative estimate of drug-likeness (QED) is 0.390. The molecule has 0 radical (unpaired) electrons. The minimum atomic E-state index is -4.06. The van der Waals surface area contributed by atoms with Gasteiger partial charge in [0.15, 0.2) is 0 Å². The van der Waals surface area contributed by atoms with Crippen LogP contribution < -0.4 is 14.5 Å². The fraction of sp³-hybridized carbons (Fsp3) is 0.286. The Hall–Kier alpha value is -3.40. The van der Waals surface area contributed by atoms with Crippen molar-refractivity contribution in [2.75, 3.05) is 31.0 Å². The maximum absolute atomic E-state index is 13.6. The number of hydrogen-bond donors (Lipinski definition) is 1. The van der Waals surface area contributed by atoms with Crippen LogP contribution in [-0.2, 0) is 21.4 Å². The Morgan fingerprint density at radius 3 is 2.37 bits per heavy atom. The Kier molecular flexibility index (Phi) is 9.04. The number of sulfonamides is 1. The first kappa shape index (κ1) is 27.6. The van der Waals surface area contributed by atoms with Crippen LogP contribution in [0.25, 0.3) is 0 Å². The zero-order valence-electron chi connectivity index (χ0n) is 21.4. The van der Waals surface area contributed by atoms with E-state index in [-0.39, 0.29) is 15.6 Å². The summed E-state index contributed by atoms with van der Waals surface area (Å²) in [7, 11) is -2.59. The summed E-state index contributed by atoms with van der Waals surface area (Å²) >= 11 is 6.28. The Bertz CT molecular complexity index is 1390. The van der Waals surface area contributed by atoms with E-state index in [9.17, 15) is 13.2 Å². The van der Waals surface area contributed by atoms with Gasteiger partial charge in [-0.15, -0.1) is 0 Å². The van der Waals surface area contributed by atoms with Gasteiger partial charge in [-0.3, -0.25) is 14.0 Å². The van der Waals surface area contributed by atoms with E-state index in [0.29, 0.717) is 5.75 Å². The third-order valence-electron chi connectivity index (χ3n) is 6.34. The molecule has 4 rings (SSSR count). The van der Waals surface area contributed by atoms with Gasteiger partial charge in [0.1, 0.15) is 12.3 Å². The number of likely N-dealkylation sites (tertiary alicyclic amines) is 1. The van der Waals surface area contributed by atoms with Crippen molar-refractivity contribution in [3.8, 4) is 5.75 Å². The Morgan fingerprint density at radius 1 is 1.05 bits per heavy atom. The number of nitrogens with one attached hydrogen (secondary N) is 1. The van der Waals surface area contributed by atoms with Crippen LogP contribution >= 0.6 is 11.6 Å². The third kappa shape index (κ3) is 6.92. The molecular weight excluding hydrogens is 524 g/mol. The number of aryl methyl sites for hydroxylation is 1. The molecule has 0 bridgehead atoms. The molecule has 8 nitrogen and oxygen atoms in total. The van der Waals surface area contributed by atoms with E-state index < -0.39 is 22.5 Å². The second-order valence-electron chi connectivity index (χ2n) is 9.12. The van der Waals surface area contributed by atoms with E-state index in [1.165, 1.54) is 30.9 Å². The van der Waals surface area contributed by atoms with E-state index in [0.717, 1.165) is 48.1 Å².